The predicted molar refractivity (Wildman–Crippen MR) is 77.9 cm³/mol. The van der Waals surface area contributed by atoms with Crippen molar-refractivity contribution in [1.82, 2.24) is 19.6 Å². The minimum absolute atomic E-state index is 0.0825. The summed E-state index contributed by atoms with van der Waals surface area (Å²) in [6.07, 6.45) is 6.48. The Balaban J connectivity index is 1.76. The molecule has 1 fully saturated rings. The first-order valence-electron chi connectivity index (χ1n) is 7.16. The van der Waals surface area contributed by atoms with Crippen molar-refractivity contribution in [2.75, 3.05) is 40.3 Å². The van der Waals surface area contributed by atoms with Crippen LogP contribution >= 0.6 is 0 Å². The number of hydrogen-bond donors (Lipinski definition) is 1. The molecule has 5 nitrogen and oxygen atoms in total. The molecule has 1 unspecified atom stereocenters. The van der Waals surface area contributed by atoms with Gasteiger partial charge in [-0.25, -0.2) is 0 Å². The minimum Gasteiger partial charge on any atom is -0.323 e. The lowest BCUT2D eigenvalue weighted by Gasteiger charge is -2.34. The quantitative estimate of drug-likeness (QED) is 0.851. The van der Waals surface area contributed by atoms with Crippen molar-refractivity contribution >= 4 is 0 Å². The maximum absolute atomic E-state index is 6.25. The molecule has 0 spiro atoms. The van der Waals surface area contributed by atoms with Crippen molar-refractivity contribution in [3.05, 3.63) is 18.0 Å². The van der Waals surface area contributed by atoms with E-state index in [9.17, 15) is 0 Å². The molecule has 1 saturated heterocycles. The van der Waals surface area contributed by atoms with Crippen molar-refractivity contribution in [2.24, 2.45) is 18.7 Å². The number of aromatic nitrogens is 2. The van der Waals surface area contributed by atoms with Gasteiger partial charge in [0.15, 0.2) is 0 Å². The summed E-state index contributed by atoms with van der Waals surface area (Å²) in [6, 6.07) is 0.0825. The van der Waals surface area contributed by atoms with Gasteiger partial charge in [0.1, 0.15) is 0 Å². The summed E-state index contributed by atoms with van der Waals surface area (Å²) in [4.78, 5) is 4.78. The molecule has 0 radical (unpaired) electrons. The van der Waals surface area contributed by atoms with E-state index in [1.807, 2.05) is 24.1 Å². The third-order valence-corrected chi connectivity index (χ3v) is 3.94. The van der Waals surface area contributed by atoms with Crippen LogP contribution in [0.1, 0.15) is 24.4 Å². The fourth-order valence-corrected chi connectivity index (χ4v) is 2.88. The fraction of sp³-hybridized carbons (Fsp3) is 0.786. The fourth-order valence-electron chi connectivity index (χ4n) is 2.88. The van der Waals surface area contributed by atoms with Crippen LogP contribution in [0.25, 0.3) is 0 Å². The van der Waals surface area contributed by atoms with Crippen molar-refractivity contribution in [2.45, 2.75) is 18.9 Å². The first-order chi connectivity index (χ1) is 9.04. The van der Waals surface area contributed by atoms with Crippen LogP contribution in [0.15, 0.2) is 12.4 Å². The number of aryl methyl sites for hydroxylation is 1. The molecule has 1 aromatic rings. The zero-order valence-corrected chi connectivity index (χ0v) is 12.4. The molecule has 2 N–H and O–H groups in total. The molecular formula is C14H27N5. The highest BCUT2D eigenvalue weighted by Gasteiger charge is 2.21. The van der Waals surface area contributed by atoms with E-state index in [0.717, 1.165) is 18.0 Å². The lowest BCUT2D eigenvalue weighted by Crippen LogP contribution is -2.40. The molecule has 0 bridgehead atoms. The Bertz CT molecular complexity index is 379. The Morgan fingerprint density at radius 3 is 2.63 bits per heavy atom. The second kappa shape index (κ2) is 6.50. The number of likely N-dealkylation sites (tertiary alicyclic amines) is 1. The molecule has 1 aromatic heterocycles. The van der Waals surface area contributed by atoms with Gasteiger partial charge in [0, 0.05) is 37.9 Å². The molecule has 1 aliphatic heterocycles. The highest BCUT2D eigenvalue weighted by atomic mass is 15.2. The summed E-state index contributed by atoms with van der Waals surface area (Å²) in [7, 11) is 6.25. The van der Waals surface area contributed by atoms with Gasteiger partial charge in [-0.2, -0.15) is 5.10 Å². The van der Waals surface area contributed by atoms with Crippen LogP contribution in [0.2, 0.25) is 0 Å². The highest BCUT2D eigenvalue weighted by Crippen LogP contribution is 2.20. The summed E-state index contributed by atoms with van der Waals surface area (Å²) >= 11 is 0. The predicted octanol–water partition coefficient (Wildman–Crippen LogP) is 0.694. The lowest BCUT2D eigenvalue weighted by atomic mass is 9.96. The molecule has 19 heavy (non-hydrogen) atoms. The molecule has 0 aliphatic carbocycles. The Labute approximate surface area is 116 Å². The van der Waals surface area contributed by atoms with Crippen molar-refractivity contribution in [3.63, 3.8) is 0 Å². The van der Waals surface area contributed by atoms with Crippen LogP contribution in [-0.4, -0.2) is 59.9 Å². The van der Waals surface area contributed by atoms with Crippen molar-refractivity contribution in [1.29, 1.82) is 0 Å². The Morgan fingerprint density at radius 2 is 2.11 bits per heavy atom. The third kappa shape index (κ3) is 4.30. The summed E-state index contributed by atoms with van der Waals surface area (Å²) in [6.45, 7) is 4.50. The first-order valence-corrected chi connectivity index (χ1v) is 7.16. The van der Waals surface area contributed by atoms with Gasteiger partial charge >= 0.3 is 0 Å². The van der Waals surface area contributed by atoms with E-state index >= 15 is 0 Å². The Hall–Kier alpha value is -0.910. The van der Waals surface area contributed by atoms with Crippen LogP contribution in [0.4, 0.5) is 0 Å². The van der Waals surface area contributed by atoms with Crippen LogP contribution in [0.3, 0.4) is 0 Å². The van der Waals surface area contributed by atoms with E-state index in [2.05, 4.69) is 29.0 Å². The number of hydrogen-bond acceptors (Lipinski definition) is 4. The average Bonchev–Trinajstić information content (AvgIpc) is 2.78. The normalized spacial score (nSPS) is 20.1. The summed E-state index contributed by atoms with van der Waals surface area (Å²) < 4.78 is 1.82. The Kier molecular flexibility index (Phi) is 4.96. The molecule has 0 saturated carbocycles. The van der Waals surface area contributed by atoms with Crippen molar-refractivity contribution < 1.29 is 0 Å². The largest absolute Gasteiger partial charge is 0.323 e. The first kappa shape index (κ1) is 14.5. The molecule has 0 amide bonds. The standard InChI is InChI=1S/C14H27N5/c1-17(2)9-12-4-6-19(7-5-12)11-14(15)13-8-16-18(3)10-13/h8,10,12,14H,4-7,9,11,15H2,1-3H3. The number of nitrogens with two attached hydrogens (primary N) is 1. The third-order valence-electron chi connectivity index (χ3n) is 3.94. The van der Waals surface area contributed by atoms with E-state index in [4.69, 9.17) is 5.73 Å². The summed E-state index contributed by atoms with van der Waals surface area (Å²) in [5.74, 6) is 0.848. The zero-order chi connectivity index (χ0) is 13.8. The lowest BCUT2D eigenvalue weighted by molar-refractivity contribution is 0.156. The maximum atomic E-state index is 6.25. The summed E-state index contributed by atoms with van der Waals surface area (Å²) in [5.41, 5.74) is 7.39. The van der Waals surface area contributed by atoms with Crippen molar-refractivity contribution in [3.8, 4) is 0 Å². The smallest absolute Gasteiger partial charge is 0.0537 e. The van der Waals surface area contributed by atoms with Gasteiger partial charge in [-0.15, -0.1) is 0 Å². The highest BCUT2D eigenvalue weighted by molar-refractivity contribution is 5.10. The molecule has 0 aromatic carbocycles. The van der Waals surface area contributed by atoms with Gasteiger partial charge in [-0.05, 0) is 45.9 Å². The van der Waals surface area contributed by atoms with E-state index in [1.54, 1.807) is 0 Å². The van der Waals surface area contributed by atoms with E-state index in [-0.39, 0.29) is 6.04 Å². The topological polar surface area (TPSA) is 50.3 Å². The number of piperidine rings is 1. The van der Waals surface area contributed by atoms with Gasteiger partial charge in [-0.3, -0.25) is 4.68 Å². The zero-order valence-electron chi connectivity index (χ0n) is 12.4. The average molecular weight is 265 g/mol. The van der Waals surface area contributed by atoms with E-state index in [0.29, 0.717) is 0 Å². The van der Waals surface area contributed by atoms with Gasteiger partial charge in [0.05, 0.1) is 6.20 Å². The van der Waals surface area contributed by atoms with Crippen LogP contribution in [-0.2, 0) is 7.05 Å². The van der Waals surface area contributed by atoms with Gasteiger partial charge < -0.3 is 15.5 Å². The molecule has 2 heterocycles. The molecule has 2 rings (SSSR count). The molecular weight excluding hydrogens is 238 g/mol. The van der Waals surface area contributed by atoms with E-state index in [1.165, 1.54) is 32.5 Å². The van der Waals surface area contributed by atoms with E-state index < -0.39 is 0 Å². The molecule has 1 aliphatic rings. The molecule has 108 valence electrons. The SMILES string of the molecule is CN(C)CC1CCN(CC(N)c2cnn(C)c2)CC1. The number of nitrogens with zero attached hydrogens (tertiary/aromatic N) is 4. The van der Waals surface area contributed by atoms with Gasteiger partial charge in [0.2, 0.25) is 0 Å². The van der Waals surface area contributed by atoms with Crippen LogP contribution in [0, 0.1) is 5.92 Å². The van der Waals surface area contributed by atoms with Gasteiger partial charge in [0.25, 0.3) is 0 Å². The second-order valence-corrected chi connectivity index (χ2v) is 6.06. The van der Waals surface area contributed by atoms with Crippen LogP contribution < -0.4 is 5.73 Å². The van der Waals surface area contributed by atoms with Gasteiger partial charge in [-0.1, -0.05) is 0 Å². The minimum atomic E-state index is 0.0825. The second-order valence-electron chi connectivity index (χ2n) is 6.06. The number of rotatable bonds is 5. The monoisotopic (exact) mass is 265 g/mol. The molecule has 1 atom stereocenters. The molecule has 5 heteroatoms. The Morgan fingerprint density at radius 1 is 1.42 bits per heavy atom. The van der Waals surface area contributed by atoms with Crippen LogP contribution in [0.5, 0.6) is 0 Å². The maximum Gasteiger partial charge on any atom is 0.0537 e. The summed E-state index contributed by atoms with van der Waals surface area (Å²) in [5, 5.41) is 4.19.